The molecule has 4 fully saturated rings. The van der Waals surface area contributed by atoms with Crippen LogP contribution in [-0.2, 0) is 19.2 Å². The molecule has 5 heteroatoms. The van der Waals surface area contributed by atoms with Crippen LogP contribution in [0.15, 0.2) is 0 Å². The topological polar surface area (TPSA) is 88.5 Å². The molecule has 4 saturated carbocycles. The highest BCUT2D eigenvalue weighted by Crippen LogP contribution is 2.62. The van der Waals surface area contributed by atoms with Crippen LogP contribution in [0, 0.1) is 46.8 Å². The Labute approximate surface area is 166 Å². The third kappa shape index (κ3) is 3.05. The molecule has 5 nitrogen and oxygen atoms in total. The first kappa shape index (κ1) is 19.8. The average molecular weight is 389 g/mol. The van der Waals surface area contributed by atoms with Gasteiger partial charge in [0.1, 0.15) is 17.3 Å². The highest BCUT2D eigenvalue weighted by molar-refractivity contribution is 5.91. The lowest BCUT2D eigenvalue weighted by Crippen LogP contribution is -2.57. The number of ketones is 3. The van der Waals surface area contributed by atoms with Gasteiger partial charge in [0.15, 0.2) is 0 Å². The van der Waals surface area contributed by atoms with Crippen LogP contribution >= 0.6 is 0 Å². The first-order valence-electron chi connectivity index (χ1n) is 11.0. The van der Waals surface area contributed by atoms with E-state index in [2.05, 4.69) is 13.8 Å². The van der Waals surface area contributed by atoms with E-state index in [1.807, 2.05) is 0 Å². The Morgan fingerprint density at radius 2 is 1.82 bits per heavy atom. The van der Waals surface area contributed by atoms with Gasteiger partial charge in [-0.15, -0.1) is 0 Å². The molecule has 8 atom stereocenters. The van der Waals surface area contributed by atoms with Gasteiger partial charge in [-0.1, -0.05) is 13.8 Å². The quantitative estimate of drug-likeness (QED) is 0.793. The molecule has 0 bridgehead atoms. The molecular formula is C23H32O5. The van der Waals surface area contributed by atoms with Crippen molar-refractivity contribution < 1.29 is 24.3 Å². The maximum absolute atomic E-state index is 13.3. The molecule has 0 saturated heterocycles. The van der Waals surface area contributed by atoms with Crippen LogP contribution in [0.5, 0.6) is 0 Å². The van der Waals surface area contributed by atoms with E-state index in [1.165, 1.54) is 0 Å². The Bertz CT molecular complexity index is 712. The largest absolute Gasteiger partial charge is 0.481 e. The lowest BCUT2D eigenvalue weighted by Gasteiger charge is -2.56. The molecule has 0 aromatic rings. The van der Waals surface area contributed by atoms with Gasteiger partial charge in [-0.05, 0) is 60.7 Å². The van der Waals surface area contributed by atoms with Crippen LogP contribution in [-0.4, -0.2) is 28.4 Å². The fourth-order valence-electron chi connectivity index (χ4n) is 7.43. The monoisotopic (exact) mass is 388 g/mol. The van der Waals surface area contributed by atoms with Gasteiger partial charge >= 0.3 is 5.97 Å². The molecule has 28 heavy (non-hydrogen) atoms. The second kappa shape index (κ2) is 7.07. The van der Waals surface area contributed by atoms with Crippen molar-refractivity contribution in [3.63, 3.8) is 0 Å². The fraction of sp³-hybridized carbons (Fsp3) is 0.826. The first-order valence-corrected chi connectivity index (χ1v) is 11.0. The minimum absolute atomic E-state index is 0.0335. The van der Waals surface area contributed by atoms with Crippen LogP contribution < -0.4 is 0 Å². The fourth-order valence-corrected chi connectivity index (χ4v) is 7.43. The number of Topliss-reactive ketones (excluding diaryl/α,β-unsaturated/α-hetero) is 3. The normalized spacial score (nSPS) is 43.9. The minimum atomic E-state index is -0.787. The van der Waals surface area contributed by atoms with Crippen molar-refractivity contribution in [2.45, 2.75) is 71.6 Å². The van der Waals surface area contributed by atoms with Gasteiger partial charge in [-0.3, -0.25) is 19.2 Å². The summed E-state index contributed by atoms with van der Waals surface area (Å²) in [4.78, 5) is 49.4. The SMILES string of the molecule is C[C@@H](CCC(=O)O)[C@H]1CC[C@@H]2C1C(=O)C[C@H]1[C@H]2C(=O)C[C@@H]2CC(=O)CC[C@@]21C. The molecule has 0 heterocycles. The van der Waals surface area contributed by atoms with Gasteiger partial charge in [0.05, 0.1) is 0 Å². The molecule has 4 aliphatic carbocycles. The lowest BCUT2D eigenvalue weighted by atomic mass is 9.46. The highest BCUT2D eigenvalue weighted by atomic mass is 16.4. The number of hydrogen-bond acceptors (Lipinski definition) is 4. The number of fused-ring (bicyclic) bond motifs is 5. The first-order chi connectivity index (χ1) is 13.2. The highest BCUT2D eigenvalue weighted by Gasteiger charge is 2.61. The Hall–Kier alpha value is -1.52. The van der Waals surface area contributed by atoms with Gasteiger partial charge in [-0.25, -0.2) is 0 Å². The number of carbonyl (C=O) groups is 4. The van der Waals surface area contributed by atoms with E-state index in [0.29, 0.717) is 37.9 Å². The van der Waals surface area contributed by atoms with E-state index < -0.39 is 5.97 Å². The van der Waals surface area contributed by atoms with Crippen molar-refractivity contribution in [2.24, 2.45) is 46.8 Å². The van der Waals surface area contributed by atoms with Crippen molar-refractivity contribution in [1.82, 2.24) is 0 Å². The summed E-state index contributed by atoms with van der Waals surface area (Å²) in [5.41, 5.74) is -0.0693. The summed E-state index contributed by atoms with van der Waals surface area (Å²) in [6.45, 7) is 4.30. The summed E-state index contributed by atoms with van der Waals surface area (Å²) >= 11 is 0. The third-order valence-electron chi connectivity index (χ3n) is 9.00. The van der Waals surface area contributed by atoms with Crippen molar-refractivity contribution >= 4 is 23.3 Å². The predicted molar refractivity (Wildman–Crippen MR) is 102 cm³/mol. The molecule has 0 aromatic heterocycles. The van der Waals surface area contributed by atoms with Crippen LogP contribution in [0.25, 0.3) is 0 Å². The Balaban J connectivity index is 1.58. The van der Waals surface area contributed by atoms with E-state index in [1.54, 1.807) is 0 Å². The maximum Gasteiger partial charge on any atom is 0.303 e. The molecule has 1 unspecified atom stereocenters. The van der Waals surface area contributed by atoms with Crippen LogP contribution in [0.1, 0.15) is 71.6 Å². The summed E-state index contributed by atoms with van der Waals surface area (Å²) in [6.07, 6.45) is 5.45. The molecule has 0 aliphatic heterocycles. The molecule has 4 aliphatic rings. The number of aliphatic carboxylic acids is 1. The number of rotatable bonds is 4. The van der Waals surface area contributed by atoms with Crippen LogP contribution in [0.4, 0.5) is 0 Å². The molecule has 0 aromatic carbocycles. The van der Waals surface area contributed by atoms with E-state index in [4.69, 9.17) is 5.11 Å². The van der Waals surface area contributed by atoms with E-state index in [9.17, 15) is 19.2 Å². The standard InChI is InChI=1S/C23H32O5/c1-12(3-6-20(27)28)15-4-5-16-21(15)19(26)11-17-22(16)18(25)10-13-9-14(24)7-8-23(13,17)2/h12-13,15-17,21-22H,3-11H2,1-2H3,(H,27,28)/t12-,13-,15+,16+,17-,21?,22-,23-/m0/s1. The Kier molecular flexibility index (Phi) is 4.99. The maximum atomic E-state index is 13.3. The number of carboxylic acids is 1. The average Bonchev–Trinajstić information content (AvgIpc) is 3.07. The van der Waals surface area contributed by atoms with Gasteiger partial charge in [0.25, 0.3) is 0 Å². The number of hydrogen-bond donors (Lipinski definition) is 1. The molecule has 0 spiro atoms. The Morgan fingerprint density at radius 3 is 2.54 bits per heavy atom. The van der Waals surface area contributed by atoms with Crippen LogP contribution in [0.2, 0.25) is 0 Å². The molecule has 4 rings (SSSR count). The molecule has 0 radical (unpaired) electrons. The molecule has 0 amide bonds. The van der Waals surface area contributed by atoms with Gasteiger partial charge in [0, 0.05) is 43.9 Å². The molecule has 154 valence electrons. The second-order valence-electron chi connectivity index (χ2n) is 10.3. The molecular weight excluding hydrogens is 356 g/mol. The minimum Gasteiger partial charge on any atom is -0.481 e. The summed E-state index contributed by atoms with van der Waals surface area (Å²) in [7, 11) is 0. The molecule has 1 N–H and O–H groups in total. The van der Waals surface area contributed by atoms with E-state index >= 15 is 0 Å². The van der Waals surface area contributed by atoms with Crippen molar-refractivity contribution in [3.05, 3.63) is 0 Å². The number of carboxylic acid groups (broad SMARTS) is 1. The van der Waals surface area contributed by atoms with Crippen LogP contribution in [0.3, 0.4) is 0 Å². The summed E-state index contributed by atoms with van der Waals surface area (Å²) < 4.78 is 0. The zero-order valence-corrected chi connectivity index (χ0v) is 17.0. The van der Waals surface area contributed by atoms with Gasteiger partial charge < -0.3 is 5.11 Å². The van der Waals surface area contributed by atoms with Crippen molar-refractivity contribution in [1.29, 1.82) is 0 Å². The lowest BCUT2D eigenvalue weighted by molar-refractivity contribution is -0.158. The second-order valence-corrected chi connectivity index (χ2v) is 10.3. The zero-order valence-electron chi connectivity index (χ0n) is 17.0. The van der Waals surface area contributed by atoms with Crippen molar-refractivity contribution in [3.8, 4) is 0 Å². The summed E-state index contributed by atoms with van der Waals surface area (Å²) in [5, 5.41) is 9.00. The summed E-state index contributed by atoms with van der Waals surface area (Å²) in [6, 6.07) is 0. The van der Waals surface area contributed by atoms with E-state index in [-0.39, 0.29) is 64.8 Å². The number of carbonyl (C=O) groups excluding carboxylic acids is 3. The predicted octanol–water partition coefficient (Wildman–Crippen LogP) is 3.68. The Morgan fingerprint density at radius 1 is 1.11 bits per heavy atom. The summed E-state index contributed by atoms with van der Waals surface area (Å²) in [5.74, 6) is 0.689. The van der Waals surface area contributed by atoms with E-state index in [0.717, 1.165) is 19.3 Å². The van der Waals surface area contributed by atoms with Gasteiger partial charge in [-0.2, -0.15) is 0 Å². The van der Waals surface area contributed by atoms with Gasteiger partial charge in [0.2, 0.25) is 0 Å². The third-order valence-corrected chi connectivity index (χ3v) is 9.00. The zero-order chi connectivity index (χ0) is 20.2. The smallest absolute Gasteiger partial charge is 0.303 e. The van der Waals surface area contributed by atoms with Crippen molar-refractivity contribution in [2.75, 3.05) is 0 Å².